The number of rotatable bonds is 12. The highest BCUT2D eigenvalue weighted by atomic mass is 16.8. The van der Waals surface area contributed by atoms with Gasteiger partial charge < -0.3 is 91.0 Å². The Morgan fingerprint density at radius 2 is 1.56 bits per heavy atom. The third kappa shape index (κ3) is 8.22. The van der Waals surface area contributed by atoms with Crippen LogP contribution in [0.1, 0.15) is 18.4 Å². The van der Waals surface area contributed by atoms with E-state index in [1.807, 2.05) is 0 Å². The van der Waals surface area contributed by atoms with E-state index >= 15 is 0 Å². The number of guanidine groups is 1. The molecule has 22 heteroatoms. The molecule has 0 radical (unpaired) electrons. The average Bonchev–Trinajstić information content (AvgIpc) is 3.12. The minimum absolute atomic E-state index is 0.0649. The van der Waals surface area contributed by atoms with E-state index in [1.54, 1.807) is 0 Å². The SMILES string of the molecule is NC(N)=NCCC[C@@]1(OC(=O)[C@H]2O[C@@H](Oc3cc(O)c4c(=O)cc(-c5cc(O)c(O)c(CCO)c5)oc4c3)[C@H](O)[C@@H](O)[C@@H]2O)O[C@H](C(=O)O)[C@@H](O)[C@H](O)[C@H]1O. The van der Waals surface area contributed by atoms with E-state index < -0.39 is 108 Å². The second-order valence-electron chi connectivity index (χ2n) is 12.7. The highest BCUT2D eigenvalue weighted by Crippen LogP contribution is 2.39. The minimum Gasteiger partial charge on any atom is -0.507 e. The number of carbonyl (C=O) groups excluding carboxylic acids is 1. The van der Waals surface area contributed by atoms with Crippen LogP contribution in [0.2, 0.25) is 0 Å². The van der Waals surface area contributed by atoms with Gasteiger partial charge in [-0.3, -0.25) is 9.79 Å². The number of nitrogens with zero attached hydrogens (tertiary/aromatic N) is 1. The Morgan fingerprint density at radius 3 is 2.22 bits per heavy atom. The van der Waals surface area contributed by atoms with Crippen LogP contribution >= 0.6 is 0 Å². The zero-order valence-electron chi connectivity index (χ0n) is 28.4. The molecule has 15 N–H and O–H groups in total. The molecule has 0 amide bonds. The number of carboxylic acids is 1. The Labute approximate surface area is 308 Å². The van der Waals surface area contributed by atoms with E-state index in [9.17, 15) is 70.6 Å². The molecule has 2 aliphatic rings. The molecular weight excluding hydrogens is 742 g/mol. The molecule has 5 rings (SSSR count). The maximum atomic E-state index is 13.6. The number of fused-ring (bicyclic) bond motifs is 1. The van der Waals surface area contributed by atoms with Crippen molar-refractivity contribution < 1.29 is 89.1 Å². The van der Waals surface area contributed by atoms with E-state index in [1.165, 1.54) is 6.07 Å². The Kier molecular flexibility index (Phi) is 12.0. The van der Waals surface area contributed by atoms with Crippen LogP contribution in [0.4, 0.5) is 0 Å². The van der Waals surface area contributed by atoms with Crippen molar-refractivity contribution in [1.82, 2.24) is 0 Å². The lowest BCUT2D eigenvalue weighted by Gasteiger charge is -2.47. The normalized spacial score (nSPS) is 29.4. The highest BCUT2D eigenvalue weighted by molar-refractivity contribution is 5.86. The van der Waals surface area contributed by atoms with E-state index in [-0.39, 0.29) is 59.8 Å². The number of aliphatic hydroxyl groups excluding tert-OH is 7. The second-order valence-corrected chi connectivity index (χ2v) is 12.7. The number of carboxylic acid groups (broad SMARTS) is 1. The Balaban J connectivity index is 1.44. The van der Waals surface area contributed by atoms with Gasteiger partial charge in [0.15, 0.2) is 35.1 Å². The fourth-order valence-corrected chi connectivity index (χ4v) is 6.14. The molecule has 10 atom stereocenters. The first kappa shape index (κ1) is 40.9. The van der Waals surface area contributed by atoms with Crippen LogP contribution < -0.4 is 21.6 Å². The Morgan fingerprint density at radius 1 is 0.873 bits per heavy atom. The Hall–Kier alpha value is -5.30. The lowest BCUT2D eigenvalue weighted by molar-refractivity contribution is -0.353. The predicted molar refractivity (Wildman–Crippen MR) is 180 cm³/mol. The van der Waals surface area contributed by atoms with E-state index in [4.69, 9.17) is 34.8 Å². The molecule has 55 heavy (non-hydrogen) atoms. The molecule has 1 aromatic heterocycles. The molecule has 0 bridgehead atoms. The van der Waals surface area contributed by atoms with Crippen LogP contribution in [0.5, 0.6) is 23.0 Å². The lowest BCUT2D eigenvalue weighted by atomic mass is 9.89. The average molecular weight is 782 g/mol. The summed E-state index contributed by atoms with van der Waals surface area (Å²) in [4.78, 5) is 42.2. The summed E-state index contributed by atoms with van der Waals surface area (Å²) in [6, 6.07) is 5.34. The maximum Gasteiger partial charge on any atom is 0.340 e. The molecule has 0 spiro atoms. The van der Waals surface area contributed by atoms with Gasteiger partial charge in [0.05, 0.1) is 0 Å². The minimum atomic E-state index is -2.75. The summed E-state index contributed by atoms with van der Waals surface area (Å²) in [7, 11) is 0. The van der Waals surface area contributed by atoms with Crippen molar-refractivity contribution in [3.63, 3.8) is 0 Å². The van der Waals surface area contributed by atoms with Crippen molar-refractivity contribution in [2.24, 2.45) is 16.5 Å². The second kappa shape index (κ2) is 16.2. The van der Waals surface area contributed by atoms with Crippen molar-refractivity contribution in [3.8, 4) is 34.3 Å². The molecule has 2 aliphatic heterocycles. The number of phenols is 3. The quantitative estimate of drug-likeness (QED) is 0.0275. The molecule has 2 saturated heterocycles. The zero-order chi connectivity index (χ0) is 40.5. The third-order valence-corrected chi connectivity index (χ3v) is 8.93. The van der Waals surface area contributed by atoms with Crippen molar-refractivity contribution in [2.45, 2.75) is 80.2 Å². The molecular formula is C33H39N3O19. The number of aliphatic imine (C=N–C) groups is 1. The number of aromatic hydroxyl groups is 3. The molecule has 0 aliphatic carbocycles. The summed E-state index contributed by atoms with van der Waals surface area (Å²) >= 11 is 0. The summed E-state index contributed by atoms with van der Waals surface area (Å²) < 4.78 is 27.5. The molecule has 0 unspecified atom stereocenters. The topological polar surface area (TPSA) is 388 Å². The molecule has 3 aromatic rings. The standard InChI is InChI=1S/C33H39N3O19/c34-32(35)36-4-1-3-33(28(47)24(45)23(44)26(54-33)29(48)49)55-30(50)27-22(43)21(42)25(46)31(53-27)51-13-8-14(38)19-15(39)10-17(52-18(19)9-13)12-6-11(2-5-37)20(41)16(40)7-12/h6-10,21-28,31,37-38,40-47H,1-5H2,(H,48,49)(H4,34,35,36)/t21-,22-,23-,24-,25+,26-,27-,28+,31+,33-/m0/s1. The first-order valence-corrected chi connectivity index (χ1v) is 16.5. The maximum absolute atomic E-state index is 13.6. The van der Waals surface area contributed by atoms with E-state index in [0.717, 1.165) is 24.3 Å². The van der Waals surface area contributed by atoms with Gasteiger partial charge in [0.25, 0.3) is 0 Å². The monoisotopic (exact) mass is 781 g/mol. The van der Waals surface area contributed by atoms with Gasteiger partial charge in [-0.1, -0.05) is 0 Å². The van der Waals surface area contributed by atoms with Gasteiger partial charge in [0.1, 0.15) is 64.9 Å². The van der Waals surface area contributed by atoms with Gasteiger partial charge >= 0.3 is 11.9 Å². The first-order valence-electron chi connectivity index (χ1n) is 16.5. The molecule has 3 heterocycles. The van der Waals surface area contributed by atoms with Crippen LogP contribution in [0, 0.1) is 0 Å². The first-order chi connectivity index (χ1) is 25.9. The number of carbonyl (C=O) groups is 2. The van der Waals surface area contributed by atoms with E-state index in [2.05, 4.69) is 4.99 Å². The summed E-state index contributed by atoms with van der Waals surface area (Å²) in [6.07, 6.45) is -20.8. The van der Waals surface area contributed by atoms with Gasteiger partial charge in [-0.05, 0) is 25.0 Å². The van der Waals surface area contributed by atoms with Crippen molar-refractivity contribution in [1.29, 1.82) is 0 Å². The number of hydrogen-bond acceptors (Lipinski definition) is 19. The number of aliphatic hydroxyl groups is 7. The molecule has 22 nitrogen and oxygen atoms in total. The molecule has 2 aromatic carbocycles. The number of benzene rings is 2. The van der Waals surface area contributed by atoms with Crippen molar-refractivity contribution >= 4 is 28.9 Å². The zero-order valence-corrected chi connectivity index (χ0v) is 28.4. The number of aliphatic carboxylic acids is 1. The van der Waals surface area contributed by atoms with Crippen LogP contribution in [0.25, 0.3) is 22.3 Å². The highest BCUT2D eigenvalue weighted by Gasteiger charge is 2.59. The van der Waals surface area contributed by atoms with Gasteiger partial charge in [-0.2, -0.15) is 0 Å². The van der Waals surface area contributed by atoms with E-state index in [0.29, 0.717) is 0 Å². The lowest BCUT2D eigenvalue weighted by Crippen LogP contribution is -2.68. The third-order valence-electron chi connectivity index (χ3n) is 8.93. The summed E-state index contributed by atoms with van der Waals surface area (Å²) in [5.41, 5.74) is 9.74. The van der Waals surface area contributed by atoms with Gasteiger partial charge in [0.2, 0.25) is 12.1 Å². The predicted octanol–water partition coefficient (Wildman–Crippen LogP) is -3.84. The fraction of sp³-hybridized carbons (Fsp3) is 0.455. The summed E-state index contributed by atoms with van der Waals surface area (Å²) in [5, 5.41) is 113. The van der Waals surface area contributed by atoms with Gasteiger partial charge in [-0.15, -0.1) is 0 Å². The van der Waals surface area contributed by atoms with Crippen LogP contribution in [0.15, 0.2) is 44.5 Å². The smallest absolute Gasteiger partial charge is 0.340 e. The molecule has 300 valence electrons. The fourth-order valence-electron chi connectivity index (χ4n) is 6.14. The van der Waals surface area contributed by atoms with Crippen LogP contribution in [0.3, 0.4) is 0 Å². The van der Waals surface area contributed by atoms with Crippen LogP contribution in [-0.2, 0) is 30.2 Å². The molecule has 0 saturated carbocycles. The van der Waals surface area contributed by atoms with Gasteiger partial charge in [-0.25, -0.2) is 9.59 Å². The van der Waals surface area contributed by atoms with Gasteiger partial charge in [0, 0.05) is 48.9 Å². The summed E-state index contributed by atoms with van der Waals surface area (Å²) in [6.45, 7) is -0.568. The van der Waals surface area contributed by atoms with Crippen molar-refractivity contribution in [2.75, 3.05) is 13.2 Å². The summed E-state index contributed by atoms with van der Waals surface area (Å²) in [5.74, 6) is -8.92. The number of nitrogens with two attached hydrogens (primary N) is 2. The largest absolute Gasteiger partial charge is 0.507 e. The number of ether oxygens (including phenoxy) is 4. The Bertz CT molecular complexity index is 2000. The number of hydrogen-bond donors (Lipinski definition) is 13. The van der Waals surface area contributed by atoms with Crippen LogP contribution in [-0.4, -0.2) is 148 Å². The number of phenolic OH excluding ortho intramolecular Hbond substituents is 3. The van der Waals surface area contributed by atoms with Crippen molar-refractivity contribution in [3.05, 3.63) is 46.1 Å². The number of esters is 1. The molecule has 2 fully saturated rings.